The van der Waals surface area contributed by atoms with Crippen molar-refractivity contribution in [2.24, 2.45) is 7.05 Å². The molecule has 136 valence electrons. The van der Waals surface area contributed by atoms with Crippen molar-refractivity contribution in [1.29, 1.82) is 0 Å². The molecule has 26 heavy (non-hydrogen) atoms. The van der Waals surface area contributed by atoms with E-state index in [-0.39, 0.29) is 11.2 Å². The van der Waals surface area contributed by atoms with E-state index >= 15 is 0 Å². The van der Waals surface area contributed by atoms with Gasteiger partial charge < -0.3 is 14.6 Å². The maximum Gasteiger partial charge on any atom is 0.239 e. The van der Waals surface area contributed by atoms with Gasteiger partial charge in [-0.2, -0.15) is 0 Å². The van der Waals surface area contributed by atoms with E-state index in [2.05, 4.69) is 20.5 Å². The lowest BCUT2D eigenvalue weighted by molar-refractivity contribution is -0.115. The van der Waals surface area contributed by atoms with Gasteiger partial charge in [0.1, 0.15) is 5.75 Å². The number of thioether (sulfide) groups is 1. The number of hydrogen-bond donors (Lipinski definition) is 1. The topological polar surface area (TPSA) is 81.9 Å². The fraction of sp³-hybridized carbons (Fsp3) is 0.294. The molecule has 0 radical (unpaired) electrons. The zero-order valence-electron chi connectivity index (χ0n) is 14.9. The van der Waals surface area contributed by atoms with Gasteiger partial charge in [0.05, 0.1) is 18.1 Å². The average molecular weight is 390 g/mol. The van der Waals surface area contributed by atoms with Crippen molar-refractivity contribution in [3.8, 4) is 17.1 Å². The summed E-state index contributed by atoms with van der Waals surface area (Å²) in [6.07, 6.45) is 0. The number of nitrogens with one attached hydrogen (secondary N) is 1. The van der Waals surface area contributed by atoms with E-state index < -0.39 is 0 Å². The highest BCUT2D eigenvalue weighted by molar-refractivity contribution is 8.00. The lowest BCUT2D eigenvalue weighted by Crippen LogP contribution is -2.22. The summed E-state index contributed by atoms with van der Waals surface area (Å²) in [5.74, 6) is 1.41. The Hall–Kier alpha value is -2.39. The molecule has 0 saturated carbocycles. The molecule has 0 spiro atoms. The van der Waals surface area contributed by atoms with Crippen LogP contribution in [0.2, 0.25) is 0 Å². The smallest absolute Gasteiger partial charge is 0.239 e. The summed E-state index contributed by atoms with van der Waals surface area (Å²) in [6, 6.07) is 7.61. The number of aromatic nitrogens is 4. The zero-order chi connectivity index (χ0) is 18.7. The summed E-state index contributed by atoms with van der Waals surface area (Å²) in [7, 11) is 3.52. The second-order valence-electron chi connectivity index (χ2n) is 5.64. The quantitative estimate of drug-likeness (QED) is 0.651. The van der Waals surface area contributed by atoms with Gasteiger partial charge in [-0.15, -0.1) is 21.5 Å². The second kappa shape index (κ2) is 7.88. The third kappa shape index (κ3) is 4.05. The van der Waals surface area contributed by atoms with Crippen molar-refractivity contribution in [1.82, 2.24) is 19.7 Å². The molecule has 0 aliphatic heterocycles. The highest BCUT2D eigenvalue weighted by atomic mass is 32.2. The zero-order valence-corrected chi connectivity index (χ0v) is 16.5. The van der Waals surface area contributed by atoms with Gasteiger partial charge in [-0.1, -0.05) is 11.8 Å². The molecule has 1 aromatic carbocycles. The van der Waals surface area contributed by atoms with Crippen LogP contribution in [-0.2, 0) is 11.8 Å². The highest BCUT2D eigenvalue weighted by Gasteiger charge is 2.20. The van der Waals surface area contributed by atoms with Gasteiger partial charge in [-0.3, -0.25) is 4.79 Å². The first-order valence-corrected chi connectivity index (χ1v) is 9.67. The Kier molecular flexibility index (Phi) is 5.58. The molecule has 0 aliphatic carbocycles. The first kappa shape index (κ1) is 18.4. The molecule has 0 aliphatic rings. The Balaban J connectivity index is 1.69. The third-order valence-corrected chi connectivity index (χ3v) is 5.69. The summed E-state index contributed by atoms with van der Waals surface area (Å²) in [6.45, 7) is 3.73. The van der Waals surface area contributed by atoms with Gasteiger partial charge in [-0.25, -0.2) is 4.98 Å². The fourth-order valence-electron chi connectivity index (χ4n) is 2.24. The van der Waals surface area contributed by atoms with Crippen molar-refractivity contribution in [3.63, 3.8) is 0 Å². The fourth-order valence-corrected chi connectivity index (χ4v) is 3.74. The third-order valence-electron chi connectivity index (χ3n) is 3.68. The Morgan fingerprint density at radius 2 is 2.04 bits per heavy atom. The minimum absolute atomic E-state index is 0.113. The minimum atomic E-state index is -0.328. The predicted octanol–water partition coefficient (Wildman–Crippen LogP) is 3.37. The SMILES string of the molecule is COc1ccc(-c2nnc(S[C@@H](C)C(=O)Nc3nc(C)cs3)n2C)cc1. The van der Waals surface area contributed by atoms with Crippen molar-refractivity contribution in [3.05, 3.63) is 35.3 Å². The van der Waals surface area contributed by atoms with Crippen LogP contribution in [-0.4, -0.2) is 38.0 Å². The van der Waals surface area contributed by atoms with Gasteiger partial charge in [0.15, 0.2) is 16.1 Å². The summed E-state index contributed by atoms with van der Waals surface area (Å²) in [4.78, 5) is 16.6. The van der Waals surface area contributed by atoms with Crippen molar-refractivity contribution in [2.75, 3.05) is 12.4 Å². The van der Waals surface area contributed by atoms with Gasteiger partial charge in [0, 0.05) is 18.0 Å². The molecule has 2 heterocycles. The molecule has 9 heteroatoms. The Bertz CT molecular complexity index is 904. The molecule has 1 atom stereocenters. The van der Waals surface area contributed by atoms with Crippen LogP contribution >= 0.6 is 23.1 Å². The van der Waals surface area contributed by atoms with E-state index in [1.807, 2.05) is 55.1 Å². The molecule has 1 N–H and O–H groups in total. The van der Waals surface area contributed by atoms with E-state index in [0.29, 0.717) is 10.3 Å². The molecule has 3 aromatic rings. The normalized spacial score (nSPS) is 12.0. The number of nitrogens with zero attached hydrogens (tertiary/aromatic N) is 4. The monoisotopic (exact) mass is 389 g/mol. The van der Waals surface area contributed by atoms with E-state index in [1.54, 1.807) is 7.11 Å². The largest absolute Gasteiger partial charge is 0.497 e. The number of hydrogen-bond acceptors (Lipinski definition) is 7. The Morgan fingerprint density at radius 3 is 2.65 bits per heavy atom. The predicted molar refractivity (Wildman–Crippen MR) is 104 cm³/mol. The number of carbonyl (C=O) groups excluding carboxylic acids is 1. The number of aryl methyl sites for hydroxylation is 1. The summed E-state index contributed by atoms with van der Waals surface area (Å²) in [5, 5.41) is 14.2. The molecule has 0 bridgehead atoms. The molecule has 7 nitrogen and oxygen atoms in total. The van der Waals surface area contributed by atoms with Gasteiger partial charge >= 0.3 is 0 Å². The molecule has 3 rings (SSSR count). The molecule has 2 aromatic heterocycles. The minimum Gasteiger partial charge on any atom is -0.497 e. The Labute approximate surface area is 159 Å². The second-order valence-corrected chi connectivity index (χ2v) is 7.80. The van der Waals surface area contributed by atoms with E-state index in [1.165, 1.54) is 23.1 Å². The molecule has 0 unspecified atom stereocenters. The molecular weight excluding hydrogens is 370 g/mol. The summed E-state index contributed by atoms with van der Waals surface area (Å²) < 4.78 is 7.05. The maximum atomic E-state index is 12.3. The lowest BCUT2D eigenvalue weighted by atomic mass is 10.2. The first-order valence-electron chi connectivity index (χ1n) is 7.91. The summed E-state index contributed by atoms with van der Waals surface area (Å²) >= 11 is 2.77. The van der Waals surface area contributed by atoms with Crippen LogP contribution in [0.3, 0.4) is 0 Å². The van der Waals surface area contributed by atoms with Crippen LogP contribution in [0.25, 0.3) is 11.4 Å². The van der Waals surface area contributed by atoms with E-state index in [0.717, 1.165) is 22.8 Å². The number of carbonyl (C=O) groups is 1. The molecule has 0 saturated heterocycles. The van der Waals surface area contributed by atoms with Crippen LogP contribution in [0, 0.1) is 6.92 Å². The maximum absolute atomic E-state index is 12.3. The molecule has 0 fully saturated rings. The average Bonchev–Trinajstić information content (AvgIpc) is 3.21. The van der Waals surface area contributed by atoms with E-state index in [9.17, 15) is 4.79 Å². The van der Waals surface area contributed by atoms with Crippen molar-refractivity contribution in [2.45, 2.75) is 24.3 Å². The van der Waals surface area contributed by atoms with Gasteiger partial charge in [0.25, 0.3) is 0 Å². The lowest BCUT2D eigenvalue weighted by Gasteiger charge is -2.10. The van der Waals surface area contributed by atoms with Crippen molar-refractivity contribution >= 4 is 34.1 Å². The van der Waals surface area contributed by atoms with Crippen LogP contribution in [0.15, 0.2) is 34.8 Å². The number of methoxy groups -OCH3 is 1. The van der Waals surface area contributed by atoms with Gasteiger partial charge in [-0.05, 0) is 38.1 Å². The van der Waals surface area contributed by atoms with Crippen LogP contribution in [0.4, 0.5) is 5.13 Å². The Morgan fingerprint density at radius 1 is 1.31 bits per heavy atom. The first-order chi connectivity index (χ1) is 12.5. The highest BCUT2D eigenvalue weighted by Crippen LogP contribution is 2.27. The molecule has 1 amide bonds. The van der Waals surface area contributed by atoms with Crippen LogP contribution in [0.5, 0.6) is 5.75 Å². The molecular formula is C17H19N5O2S2. The van der Waals surface area contributed by atoms with E-state index in [4.69, 9.17) is 4.74 Å². The summed E-state index contributed by atoms with van der Waals surface area (Å²) in [5.41, 5.74) is 1.83. The number of thiazole rings is 1. The number of benzene rings is 1. The standard InChI is InChI=1S/C17H19N5O2S2/c1-10-9-25-16(18-10)19-15(23)11(2)26-17-21-20-14(22(17)3)12-5-7-13(24-4)8-6-12/h5-9,11H,1-4H3,(H,18,19,23)/t11-/m0/s1. The van der Waals surface area contributed by atoms with Crippen molar-refractivity contribution < 1.29 is 9.53 Å². The van der Waals surface area contributed by atoms with Crippen LogP contribution in [0.1, 0.15) is 12.6 Å². The number of ether oxygens (including phenoxy) is 1. The van der Waals surface area contributed by atoms with Gasteiger partial charge in [0.2, 0.25) is 5.91 Å². The van der Waals surface area contributed by atoms with Crippen LogP contribution < -0.4 is 10.1 Å². The number of rotatable bonds is 6. The number of anilines is 1. The number of amides is 1.